The van der Waals surface area contributed by atoms with Gasteiger partial charge in [0.1, 0.15) is 5.82 Å². The number of rotatable bonds is 9. The number of nitrogens with zero attached hydrogens (tertiary/aromatic N) is 1. The van der Waals surface area contributed by atoms with E-state index in [9.17, 15) is 14.0 Å². The molecule has 31 heavy (non-hydrogen) atoms. The molecule has 2 aromatic carbocycles. The van der Waals surface area contributed by atoms with Crippen molar-refractivity contribution in [1.29, 1.82) is 0 Å². The molecule has 3 N–H and O–H groups in total. The smallest absolute Gasteiger partial charge is 0.315 e. The Morgan fingerprint density at radius 2 is 1.61 bits per heavy atom. The molecule has 3 rings (SSSR count). The van der Waals surface area contributed by atoms with Gasteiger partial charge in [-0.2, -0.15) is 0 Å². The molecule has 1 saturated heterocycles. The molecule has 1 aliphatic rings. The van der Waals surface area contributed by atoms with E-state index in [4.69, 9.17) is 4.74 Å². The minimum absolute atomic E-state index is 0.102. The zero-order chi connectivity index (χ0) is 21.9. The summed E-state index contributed by atoms with van der Waals surface area (Å²) in [6.45, 7) is 5.31. The maximum Gasteiger partial charge on any atom is 0.315 e. The van der Waals surface area contributed by atoms with E-state index in [2.05, 4.69) is 33.0 Å². The third-order valence-electron chi connectivity index (χ3n) is 4.94. The van der Waals surface area contributed by atoms with Gasteiger partial charge in [-0.25, -0.2) is 9.18 Å². The first-order valence-electron chi connectivity index (χ1n) is 10.5. The average molecular weight is 429 g/mol. The van der Waals surface area contributed by atoms with E-state index < -0.39 is 0 Å². The number of benzene rings is 2. The second-order valence-electron chi connectivity index (χ2n) is 7.47. The van der Waals surface area contributed by atoms with E-state index in [1.54, 1.807) is 12.1 Å². The Labute approximate surface area is 182 Å². The van der Waals surface area contributed by atoms with Gasteiger partial charge >= 0.3 is 6.03 Å². The lowest BCUT2D eigenvalue weighted by Crippen LogP contribution is -2.40. The van der Waals surface area contributed by atoms with Crippen molar-refractivity contribution in [2.24, 2.45) is 0 Å². The lowest BCUT2D eigenvalue weighted by molar-refractivity contribution is -0.120. The molecule has 0 bridgehead atoms. The summed E-state index contributed by atoms with van der Waals surface area (Å²) in [6, 6.07) is 13.8. The van der Waals surface area contributed by atoms with Crippen LogP contribution in [0, 0.1) is 5.82 Å². The lowest BCUT2D eigenvalue weighted by Gasteiger charge is -2.26. The van der Waals surface area contributed by atoms with E-state index >= 15 is 0 Å². The maximum atomic E-state index is 13.1. The van der Waals surface area contributed by atoms with Crippen molar-refractivity contribution in [2.75, 3.05) is 39.4 Å². The molecule has 0 saturated carbocycles. The van der Waals surface area contributed by atoms with Gasteiger partial charge in [0, 0.05) is 39.3 Å². The van der Waals surface area contributed by atoms with Crippen molar-refractivity contribution in [2.45, 2.75) is 19.5 Å². The second kappa shape index (κ2) is 12.0. The molecule has 0 atom stereocenters. The summed E-state index contributed by atoms with van der Waals surface area (Å²) in [7, 11) is 0. The van der Waals surface area contributed by atoms with E-state index in [1.807, 2.05) is 12.1 Å². The first kappa shape index (κ1) is 22.7. The maximum absolute atomic E-state index is 13.1. The highest BCUT2D eigenvalue weighted by molar-refractivity contribution is 5.78. The van der Waals surface area contributed by atoms with Gasteiger partial charge in [0.05, 0.1) is 19.6 Å². The largest absolute Gasteiger partial charge is 0.379 e. The van der Waals surface area contributed by atoms with Crippen LogP contribution in [0.2, 0.25) is 0 Å². The zero-order valence-electron chi connectivity index (χ0n) is 17.5. The molecule has 166 valence electrons. The van der Waals surface area contributed by atoms with E-state index in [-0.39, 0.29) is 24.2 Å². The van der Waals surface area contributed by atoms with Crippen molar-refractivity contribution in [1.82, 2.24) is 20.9 Å². The fourth-order valence-electron chi connectivity index (χ4n) is 3.37. The van der Waals surface area contributed by atoms with Crippen molar-refractivity contribution < 1.29 is 18.7 Å². The van der Waals surface area contributed by atoms with Crippen molar-refractivity contribution in [3.05, 3.63) is 71.0 Å². The van der Waals surface area contributed by atoms with Crippen LogP contribution in [0.4, 0.5) is 9.18 Å². The normalized spacial score (nSPS) is 14.1. The van der Waals surface area contributed by atoms with Crippen molar-refractivity contribution in [3.63, 3.8) is 0 Å². The predicted molar refractivity (Wildman–Crippen MR) is 116 cm³/mol. The van der Waals surface area contributed by atoms with Crippen LogP contribution < -0.4 is 16.0 Å². The number of carbonyl (C=O) groups is 2. The highest BCUT2D eigenvalue weighted by Crippen LogP contribution is 2.10. The van der Waals surface area contributed by atoms with Crippen molar-refractivity contribution in [3.8, 4) is 0 Å². The van der Waals surface area contributed by atoms with Gasteiger partial charge in [0.2, 0.25) is 5.91 Å². The molecule has 2 aromatic rings. The van der Waals surface area contributed by atoms with E-state index in [0.717, 1.165) is 38.4 Å². The lowest BCUT2D eigenvalue weighted by atomic mass is 10.1. The Bertz CT molecular complexity index is 871. The van der Waals surface area contributed by atoms with Gasteiger partial charge in [0.25, 0.3) is 0 Å². The van der Waals surface area contributed by atoms with Crippen LogP contribution in [0.1, 0.15) is 16.7 Å². The molecule has 7 nitrogen and oxygen atoms in total. The summed E-state index contributed by atoms with van der Waals surface area (Å²) < 4.78 is 18.5. The van der Waals surface area contributed by atoms with Gasteiger partial charge in [-0.05, 0) is 28.8 Å². The molecule has 3 amide bonds. The fourth-order valence-corrected chi connectivity index (χ4v) is 3.37. The Morgan fingerprint density at radius 1 is 0.903 bits per heavy atom. The van der Waals surface area contributed by atoms with Gasteiger partial charge in [-0.15, -0.1) is 0 Å². The van der Waals surface area contributed by atoms with Gasteiger partial charge in [-0.3, -0.25) is 9.69 Å². The monoisotopic (exact) mass is 428 g/mol. The SMILES string of the molecule is O=C(Cc1cccc(F)c1)NCCNC(=O)NCc1cccc(CN2CCOCC2)c1. The molecule has 1 fully saturated rings. The quantitative estimate of drug-likeness (QED) is 0.532. The summed E-state index contributed by atoms with van der Waals surface area (Å²) in [5.41, 5.74) is 2.85. The summed E-state index contributed by atoms with van der Waals surface area (Å²) in [5.74, 6) is -0.583. The molecule has 1 aliphatic heterocycles. The number of hydrogen-bond donors (Lipinski definition) is 3. The molecule has 8 heteroatoms. The van der Waals surface area contributed by atoms with Crippen molar-refractivity contribution >= 4 is 11.9 Å². The average Bonchev–Trinajstić information content (AvgIpc) is 2.76. The first-order chi connectivity index (χ1) is 15.1. The number of halogens is 1. The van der Waals surface area contributed by atoms with Gasteiger partial charge < -0.3 is 20.7 Å². The number of carbonyl (C=O) groups excluding carboxylic acids is 2. The second-order valence-corrected chi connectivity index (χ2v) is 7.47. The molecule has 1 heterocycles. The number of morpholine rings is 1. The Hall–Kier alpha value is -2.97. The standard InChI is InChI=1S/C23H29FN4O3/c24-21-6-2-3-18(14-21)15-22(29)25-7-8-26-23(30)27-16-19-4-1-5-20(13-19)17-28-9-11-31-12-10-28/h1-6,13-14H,7-12,15-17H2,(H,25,29)(H2,26,27,30). The number of hydrogen-bond acceptors (Lipinski definition) is 4. The third kappa shape index (κ3) is 8.35. The van der Waals surface area contributed by atoms with Crippen LogP contribution in [0.5, 0.6) is 0 Å². The van der Waals surface area contributed by atoms with Crippen LogP contribution in [0.3, 0.4) is 0 Å². The minimum atomic E-state index is -0.365. The number of amides is 3. The summed E-state index contributed by atoms with van der Waals surface area (Å²) >= 11 is 0. The van der Waals surface area contributed by atoms with Crippen LogP contribution in [-0.2, 0) is 29.0 Å². The minimum Gasteiger partial charge on any atom is -0.379 e. The van der Waals surface area contributed by atoms with Crippen LogP contribution in [0.25, 0.3) is 0 Å². The van der Waals surface area contributed by atoms with Gasteiger partial charge in [-0.1, -0.05) is 36.4 Å². The van der Waals surface area contributed by atoms with Gasteiger partial charge in [0.15, 0.2) is 0 Å². The molecule has 0 unspecified atom stereocenters. The third-order valence-corrected chi connectivity index (χ3v) is 4.94. The molecular weight excluding hydrogens is 399 g/mol. The zero-order valence-corrected chi connectivity index (χ0v) is 17.5. The highest BCUT2D eigenvalue weighted by atomic mass is 19.1. The van der Waals surface area contributed by atoms with E-state index in [1.165, 1.54) is 17.7 Å². The highest BCUT2D eigenvalue weighted by Gasteiger charge is 2.11. The number of nitrogens with one attached hydrogen (secondary N) is 3. The molecule has 0 aromatic heterocycles. The van der Waals surface area contributed by atoms with Crippen LogP contribution in [0.15, 0.2) is 48.5 Å². The van der Waals surface area contributed by atoms with Crippen LogP contribution in [-0.4, -0.2) is 56.2 Å². The summed E-state index contributed by atoms with van der Waals surface area (Å²) in [4.78, 5) is 26.2. The number of urea groups is 1. The first-order valence-corrected chi connectivity index (χ1v) is 10.5. The Balaban J connectivity index is 1.31. The fraction of sp³-hybridized carbons (Fsp3) is 0.391. The predicted octanol–water partition coefficient (Wildman–Crippen LogP) is 1.82. The molecule has 0 radical (unpaired) electrons. The topological polar surface area (TPSA) is 82.7 Å². The number of ether oxygens (including phenoxy) is 1. The Morgan fingerprint density at radius 3 is 2.42 bits per heavy atom. The molecule has 0 spiro atoms. The summed E-state index contributed by atoms with van der Waals surface area (Å²) in [5, 5.41) is 8.25. The molecular formula is C23H29FN4O3. The summed E-state index contributed by atoms with van der Waals surface area (Å²) in [6.07, 6.45) is 0.102. The Kier molecular flexibility index (Phi) is 8.81. The molecule has 0 aliphatic carbocycles. The van der Waals surface area contributed by atoms with Crippen LogP contribution >= 0.6 is 0 Å². The van der Waals surface area contributed by atoms with E-state index in [0.29, 0.717) is 25.2 Å².